The molecule has 1 unspecified atom stereocenters. The van der Waals surface area contributed by atoms with Crippen LogP contribution in [-0.2, 0) is 4.79 Å². The summed E-state index contributed by atoms with van der Waals surface area (Å²) >= 11 is 0. The van der Waals surface area contributed by atoms with Crippen LogP contribution < -0.4 is 20.1 Å². The molecule has 5 nitrogen and oxygen atoms in total. The minimum absolute atomic E-state index is 0.142. The van der Waals surface area contributed by atoms with E-state index in [-0.39, 0.29) is 6.79 Å². The predicted molar refractivity (Wildman–Crippen MR) is 62.5 cm³/mol. The molecule has 102 valence electrons. The topological polar surface area (TPSA) is 59.6 Å². The minimum Gasteiger partial charge on any atom is -0.454 e. The van der Waals surface area contributed by atoms with E-state index in [0.29, 0.717) is 17.2 Å². The summed E-state index contributed by atoms with van der Waals surface area (Å²) in [6.07, 6.45) is -0.483. The van der Waals surface area contributed by atoms with Gasteiger partial charge in [-0.2, -0.15) is 0 Å². The van der Waals surface area contributed by atoms with Crippen LogP contribution in [0.2, 0.25) is 0 Å². The number of fused-ring (bicyclic) bond motifs is 1. The number of benzene rings is 1. The molecule has 0 radical (unpaired) electrons. The number of carbonyl (C=O) groups is 1. The lowest BCUT2D eigenvalue weighted by molar-refractivity contribution is -0.118. The highest BCUT2D eigenvalue weighted by atomic mass is 19.3. The van der Waals surface area contributed by atoms with E-state index >= 15 is 0 Å². The Balaban J connectivity index is 1.67. The maximum Gasteiger partial charge on any atom is 0.262 e. The second-order valence-electron chi connectivity index (χ2n) is 4.55. The van der Waals surface area contributed by atoms with E-state index in [1.54, 1.807) is 18.2 Å². The van der Waals surface area contributed by atoms with Crippen LogP contribution in [0.1, 0.15) is 6.42 Å². The van der Waals surface area contributed by atoms with Gasteiger partial charge in [0, 0.05) is 18.2 Å². The molecular formula is C12H12F2N2O3. The fourth-order valence-corrected chi connectivity index (χ4v) is 2.10. The highest BCUT2D eigenvalue weighted by Gasteiger charge is 2.42. The first kappa shape index (κ1) is 12.2. The zero-order chi connectivity index (χ0) is 13.5. The fraction of sp³-hybridized carbons (Fsp3) is 0.417. The summed E-state index contributed by atoms with van der Waals surface area (Å²) in [5.41, 5.74) is 0.492. The number of carbonyl (C=O) groups excluding carboxylic acids is 1. The summed E-state index contributed by atoms with van der Waals surface area (Å²) in [7, 11) is 0. The second kappa shape index (κ2) is 4.34. The number of alkyl halides is 2. The van der Waals surface area contributed by atoms with Crippen molar-refractivity contribution in [1.82, 2.24) is 5.32 Å². The molecule has 1 aromatic rings. The summed E-state index contributed by atoms with van der Waals surface area (Å²) in [5.74, 6) is -2.17. The number of hydrogen-bond acceptors (Lipinski definition) is 4. The zero-order valence-corrected chi connectivity index (χ0v) is 9.91. The van der Waals surface area contributed by atoms with Gasteiger partial charge in [0.2, 0.25) is 12.7 Å². The first-order chi connectivity index (χ1) is 9.03. The molecule has 0 bridgehead atoms. The fourth-order valence-electron chi connectivity index (χ4n) is 2.10. The predicted octanol–water partition coefficient (Wildman–Crippen LogP) is 1.35. The number of anilines is 1. The lowest BCUT2D eigenvalue weighted by atomic mass is 10.2. The van der Waals surface area contributed by atoms with Crippen LogP contribution >= 0.6 is 0 Å². The van der Waals surface area contributed by atoms with Crippen molar-refractivity contribution in [2.75, 3.05) is 18.7 Å². The normalized spacial score (nSPS) is 23.4. The number of amides is 1. The van der Waals surface area contributed by atoms with Crippen molar-refractivity contribution in [1.29, 1.82) is 0 Å². The van der Waals surface area contributed by atoms with Gasteiger partial charge in [-0.25, -0.2) is 8.78 Å². The van der Waals surface area contributed by atoms with Gasteiger partial charge in [-0.3, -0.25) is 10.1 Å². The first-order valence-corrected chi connectivity index (χ1v) is 5.85. The van der Waals surface area contributed by atoms with Crippen LogP contribution in [0.5, 0.6) is 11.5 Å². The highest BCUT2D eigenvalue weighted by molar-refractivity contribution is 5.95. The molecule has 2 aliphatic heterocycles. The molecule has 1 amide bonds. The van der Waals surface area contributed by atoms with Crippen LogP contribution in [0.3, 0.4) is 0 Å². The molecule has 2 heterocycles. The maximum absolute atomic E-state index is 13.0. The summed E-state index contributed by atoms with van der Waals surface area (Å²) in [5, 5.41) is 5.08. The highest BCUT2D eigenvalue weighted by Crippen LogP contribution is 2.34. The molecule has 1 atom stereocenters. The van der Waals surface area contributed by atoms with Gasteiger partial charge in [0.05, 0.1) is 12.6 Å². The van der Waals surface area contributed by atoms with Gasteiger partial charge in [0.1, 0.15) is 0 Å². The smallest absolute Gasteiger partial charge is 0.262 e. The quantitative estimate of drug-likeness (QED) is 0.851. The summed E-state index contributed by atoms with van der Waals surface area (Å²) < 4.78 is 36.3. The molecule has 7 heteroatoms. The second-order valence-corrected chi connectivity index (χ2v) is 4.55. The Morgan fingerprint density at radius 3 is 2.89 bits per heavy atom. The van der Waals surface area contributed by atoms with Crippen molar-refractivity contribution in [3.63, 3.8) is 0 Å². The van der Waals surface area contributed by atoms with E-state index in [4.69, 9.17) is 9.47 Å². The van der Waals surface area contributed by atoms with Crippen LogP contribution in [-0.4, -0.2) is 31.2 Å². The summed E-state index contributed by atoms with van der Waals surface area (Å²) in [6, 6.07) is 4.03. The van der Waals surface area contributed by atoms with Crippen molar-refractivity contribution in [3.05, 3.63) is 18.2 Å². The molecule has 1 fully saturated rings. The molecule has 19 heavy (non-hydrogen) atoms. The number of halogens is 2. The van der Waals surface area contributed by atoms with E-state index < -0.39 is 30.8 Å². The van der Waals surface area contributed by atoms with Gasteiger partial charge in [-0.15, -0.1) is 0 Å². The van der Waals surface area contributed by atoms with E-state index in [9.17, 15) is 13.6 Å². The molecule has 0 spiro atoms. The van der Waals surface area contributed by atoms with Crippen molar-refractivity contribution in [3.8, 4) is 11.5 Å². The van der Waals surface area contributed by atoms with Crippen molar-refractivity contribution < 1.29 is 23.0 Å². The lowest BCUT2D eigenvalue weighted by Crippen LogP contribution is -2.35. The van der Waals surface area contributed by atoms with E-state index in [1.165, 1.54) is 0 Å². The first-order valence-electron chi connectivity index (χ1n) is 5.85. The average molecular weight is 270 g/mol. The molecule has 2 aliphatic rings. The van der Waals surface area contributed by atoms with Crippen molar-refractivity contribution in [2.45, 2.75) is 18.4 Å². The molecule has 1 saturated heterocycles. The Morgan fingerprint density at radius 1 is 1.37 bits per heavy atom. The molecule has 3 rings (SSSR count). The number of hydrogen-bond donors (Lipinski definition) is 2. The third-order valence-corrected chi connectivity index (χ3v) is 3.07. The van der Waals surface area contributed by atoms with Gasteiger partial charge in [-0.1, -0.05) is 0 Å². The van der Waals surface area contributed by atoms with Crippen molar-refractivity contribution >= 4 is 11.6 Å². The summed E-state index contributed by atoms with van der Waals surface area (Å²) in [6.45, 7) is -0.324. The van der Waals surface area contributed by atoms with Crippen molar-refractivity contribution in [2.24, 2.45) is 0 Å². The SMILES string of the molecule is O=C(Nc1ccc2c(c1)OCO2)C1CC(F)(F)CN1. The van der Waals surface area contributed by atoms with Gasteiger partial charge in [0.25, 0.3) is 5.92 Å². The third-order valence-electron chi connectivity index (χ3n) is 3.07. The zero-order valence-electron chi connectivity index (χ0n) is 9.91. The molecular weight excluding hydrogens is 258 g/mol. The monoisotopic (exact) mass is 270 g/mol. The maximum atomic E-state index is 13.0. The summed E-state index contributed by atoms with van der Waals surface area (Å²) in [4.78, 5) is 11.8. The Morgan fingerprint density at radius 2 is 2.16 bits per heavy atom. The largest absolute Gasteiger partial charge is 0.454 e. The number of nitrogens with one attached hydrogen (secondary N) is 2. The van der Waals surface area contributed by atoms with E-state index in [0.717, 1.165) is 0 Å². The Labute approximate surface area is 107 Å². The van der Waals surface area contributed by atoms with Gasteiger partial charge in [-0.05, 0) is 12.1 Å². The molecule has 1 aromatic carbocycles. The van der Waals surface area contributed by atoms with Crippen LogP contribution in [0, 0.1) is 0 Å². The minimum atomic E-state index is -2.82. The number of ether oxygens (including phenoxy) is 2. The van der Waals surface area contributed by atoms with Gasteiger partial charge < -0.3 is 14.8 Å². The van der Waals surface area contributed by atoms with E-state index in [1.807, 2.05) is 0 Å². The number of rotatable bonds is 2. The van der Waals surface area contributed by atoms with Gasteiger partial charge >= 0.3 is 0 Å². The van der Waals surface area contributed by atoms with Crippen LogP contribution in [0.4, 0.5) is 14.5 Å². The standard InChI is InChI=1S/C12H12F2N2O3/c13-12(14)4-8(15-5-12)11(17)16-7-1-2-9-10(3-7)19-6-18-9/h1-3,8,15H,4-6H2,(H,16,17). The molecule has 0 aromatic heterocycles. The Bertz CT molecular complexity index is 522. The lowest BCUT2D eigenvalue weighted by Gasteiger charge is -2.11. The van der Waals surface area contributed by atoms with Crippen LogP contribution in [0.25, 0.3) is 0 Å². The Hall–Kier alpha value is -1.89. The van der Waals surface area contributed by atoms with E-state index in [2.05, 4.69) is 10.6 Å². The molecule has 0 aliphatic carbocycles. The third kappa shape index (κ3) is 2.46. The molecule has 0 saturated carbocycles. The molecule has 2 N–H and O–H groups in total. The Kier molecular flexibility index (Phi) is 2.78. The van der Waals surface area contributed by atoms with Gasteiger partial charge in [0.15, 0.2) is 11.5 Å². The average Bonchev–Trinajstić information content (AvgIpc) is 2.94. The van der Waals surface area contributed by atoms with Crippen LogP contribution in [0.15, 0.2) is 18.2 Å².